The maximum absolute atomic E-state index is 15.4. The average Bonchev–Trinajstić information content (AvgIpc) is 3.24. The van der Waals surface area contributed by atoms with E-state index in [-0.39, 0.29) is 51.7 Å². The van der Waals surface area contributed by atoms with Crippen LogP contribution in [0.15, 0.2) is 21.6 Å². The minimum Gasteiger partial charge on any atom is -0.379 e. The Bertz CT molecular complexity index is 1110. The van der Waals surface area contributed by atoms with E-state index in [1.165, 1.54) is 17.7 Å². The number of nitrogens with zero attached hydrogens (tertiary/aromatic N) is 3. The minimum atomic E-state index is -0.676. The van der Waals surface area contributed by atoms with Gasteiger partial charge in [0, 0.05) is 32.0 Å². The molecule has 0 saturated carbocycles. The van der Waals surface area contributed by atoms with Gasteiger partial charge in [-0.15, -0.1) is 0 Å². The average molecular weight is 421 g/mol. The van der Waals surface area contributed by atoms with Crippen molar-refractivity contribution in [3.63, 3.8) is 0 Å². The number of morpholine rings is 1. The fourth-order valence-corrected chi connectivity index (χ4v) is 4.52. The van der Waals surface area contributed by atoms with Gasteiger partial charge in [0.15, 0.2) is 17.9 Å². The molecule has 0 bridgehead atoms. The van der Waals surface area contributed by atoms with Crippen molar-refractivity contribution < 1.29 is 23.2 Å². The summed E-state index contributed by atoms with van der Waals surface area (Å²) < 4.78 is 32.7. The number of carbonyl (C=O) groups is 1. The molecule has 2 atom stereocenters. The Morgan fingerprint density at radius 3 is 2.76 bits per heavy atom. The number of benzene rings is 1. The summed E-state index contributed by atoms with van der Waals surface area (Å²) in [6.07, 6.45) is 1.96. The standard InChI is InChI=1S/C19H20FN3O5S/c1-10-5-22(6-11(2)27-10)16-12(8-24)4-14-17(15(16)20)28-21-18(14)23-7-13(9-26-3)29-19(23)25/h4,7-8,10-11H,5-6,9H2,1-3H3/t10-,11-/m1/s1. The van der Waals surface area contributed by atoms with Crippen molar-refractivity contribution in [2.75, 3.05) is 25.1 Å². The number of aromatic nitrogens is 2. The van der Waals surface area contributed by atoms with Gasteiger partial charge in [-0.3, -0.25) is 14.2 Å². The Hall–Kier alpha value is -2.56. The maximum Gasteiger partial charge on any atom is 0.313 e. The van der Waals surface area contributed by atoms with Crippen LogP contribution in [0.3, 0.4) is 0 Å². The molecule has 1 aromatic carbocycles. The number of methoxy groups -OCH3 is 1. The largest absolute Gasteiger partial charge is 0.379 e. The highest BCUT2D eigenvalue weighted by Crippen LogP contribution is 2.35. The Morgan fingerprint density at radius 2 is 2.10 bits per heavy atom. The van der Waals surface area contributed by atoms with E-state index in [1.807, 2.05) is 13.8 Å². The summed E-state index contributed by atoms with van der Waals surface area (Å²) in [6.45, 7) is 4.95. The van der Waals surface area contributed by atoms with Crippen LogP contribution in [0.25, 0.3) is 16.8 Å². The summed E-state index contributed by atoms with van der Waals surface area (Å²) in [4.78, 5) is 26.3. The SMILES string of the molecule is COCc1cn(-c2noc3c(F)c(N4C[C@@H](C)O[C@H](C)C4)c(C=O)cc23)c(=O)s1. The molecule has 0 spiro atoms. The molecule has 10 heteroatoms. The number of aldehydes is 1. The van der Waals surface area contributed by atoms with E-state index in [2.05, 4.69) is 5.16 Å². The van der Waals surface area contributed by atoms with Gasteiger partial charge in [0.05, 0.1) is 34.8 Å². The van der Waals surface area contributed by atoms with E-state index >= 15 is 4.39 Å². The molecule has 1 aliphatic rings. The van der Waals surface area contributed by atoms with Crippen LogP contribution in [0.4, 0.5) is 10.1 Å². The molecule has 0 unspecified atom stereocenters. The molecule has 0 N–H and O–H groups in total. The number of ether oxygens (including phenoxy) is 2. The van der Waals surface area contributed by atoms with Crippen molar-refractivity contribution in [3.8, 4) is 5.82 Å². The Labute approximate surface area is 169 Å². The molecule has 1 aliphatic heterocycles. The molecular weight excluding hydrogens is 401 g/mol. The molecule has 1 fully saturated rings. The van der Waals surface area contributed by atoms with Crippen LogP contribution in [0, 0.1) is 5.82 Å². The first-order valence-corrected chi connectivity index (χ1v) is 9.92. The third-order valence-electron chi connectivity index (χ3n) is 4.76. The van der Waals surface area contributed by atoms with Crippen LogP contribution in [-0.4, -0.2) is 48.4 Å². The highest BCUT2D eigenvalue weighted by atomic mass is 32.1. The van der Waals surface area contributed by atoms with Gasteiger partial charge >= 0.3 is 4.87 Å². The molecular formula is C19H20FN3O5S. The van der Waals surface area contributed by atoms with Crippen molar-refractivity contribution in [2.45, 2.75) is 32.7 Å². The van der Waals surface area contributed by atoms with Gasteiger partial charge in [-0.2, -0.15) is 0 Å². The fraction of sp³-hybridized carbons (Fsp3) is 0.421. The predicted molar refractivity (Wildman–Crippen MR) is 106 cm³/mol. The summed E-state index contributed by atoms with van der Waals surface area (Å²) in [7, 11) is 1.53. The number of carbonyl (C=O) groups excluding carboxylic acids is 1. The molecule has 3 heterocycles. The van der Waals surface area contributed by atoms with Gasteiger partial charge in [0.2, 0.25) is 5.58 Å². The number of hydrogen-bond donors (Lipinski definition) is 0. The number of rotatable bonds is 5. The van der Waals surface area contributed by atoms with Crippen molar-refractivity contribution in [1.82, 2.24) is 9.72 Å². The normalized spacial score (nSPS) is 19.8. The molecule has 8 nitrogen and oxygen atoms in total. The fourth-order valence-electron chi connectivity index (χ4n) is 3.72. The van der Waals surface area contributed by atoms with Crippen molar-refractivity contribution in [2.24, 2.45) is 0 Å². The second-order valence-corrected chi connectivity index (χ2v) is 8.14. The molecule has 2 aromatic heterocycles. The lowest BCUT2D eigenvalue weighted by Crippen LogP contribution is -2.46. The van der Waals surface area contributed by atoms with Gasteiger partial charge in [-0.25, -0.2) is 4.39 Å². The Kier molecular flexibility index (Phi) is 5.24. The zero-order valence-corrected chi connectivity index (χ0v) is 17.0. The van der Waals surface area contributed by atoms with Crippen LogP contribution in [0.5, 0.6) is 0 Å². The third-order valence-corrected chi connectivity index (χ3v) is 5.61. The summed E-state index contributed by atoms with van der Waals surface area (Å²) in [5, 5.41) is 4.16. The van der Waals surface area contributed by atoms with Crippen molar-refractivity contribution in [1.29, 1.82) is 0 Å². The van der Waals surface area contributed by atoms with Gasteiger partial charge in [-0.1, -0.05) is 16.5 Å². The summed E-state index contributed by atoms with van der Waals surface area (Å²) in [5.74, 6) is -0.536. The first kappa shape index (κ1) is 19.7. The highest BCUT2D eigenvalue weighted by molar-refractivity contribution is 7.09. The van der Waals surface area contributed by atoms with E-state index in [0.29, 0.717) is 24.3 Å². The van der Waals surface area contributed by atoms with Gasteiger partial charge in [-0.05, 0) is 19.9 Å². The number of anilines is 1. The number of thiazole rings is 1. The Morgan fingerprint density at radius 1 is 1.38 bits per heavy atom. The van der Waals surface area contributed by atoms with Gasteiger partial charge in [0.25, 0.3) is 0 Å². The summed E-state index contributed by atoms with van der Waals surface area (Å²) in [5.41, 5.74) is 0.231. The number of hydrogen-bond acceptors (Lipinski definition) is 8. The quantitative estimate of drug-likeness (QED) is 0.586. The summed E-state index contributed by atoms with van der Waals surface area (Å²) >= 11 is 1.00. The van der Waals surface area contributed by atoms with Gasteiger partial charge in [0.1, 0.15) is 0 Å². The zero-order valence-electron chi connectivity index (χ0n) is 16.2. The van der Waals surface area contributed by atoms with Crippen molar-refractivity contribution in [3.05, 3.63) is 38.2 Å². The molecule has 4 rings (SSSR count). The number of fused-ring (bicyclic) bond motifs is 1. The minimum absolute atomic E-state index is 0.0983. The zero-order chi connectivity index (χ0) is 20.7. The smallest absolute Gasteiger partial charge is 0.313 e. The second kappa shape index (κ2) is 7.69. The second-order valence-electron chi connectivity index (χ2n) is 7.06. The van der Waals surface area contributed by atoms with E-state index in [0.717, 1.165) is 11.3 Å². The first-order valence-electron chi connectivity index (χ1n) is 9.11. The highest BCUT2D eigenvalue weighted by Gasteiger charge is 2.29. The molecule has 1 saturated heterocycles. The topological polar surface area (TPSA) is 86.8 Å². The van der Waals surface area contributed by atoms with E-state index in [4.69, 9.17) is 14.0 Å². The third kappa shape index (κ3) is 3.47. The summed E-state index contributed by atoms with van der Waals surface area (Å²) in [6, 6.07) is 1.51. The molecule has 0 aliphatic carbocycles. The van der Waals surface area contributed by atoms with Crippen LogP contribution in [-0.2, 0) is 16.1 Å². The van der Waals surface area contributed by atoms with Crippen LogP contribution >= 0.6 is 11.3 Å². The predicted octanol–water partition coefficient (Wildman–Crippen LogP) is 2.75. The van der Waals surface area contributed by atoms with Crippen LogP contribution in [0.1, 0.15) is 29.1 Å². The molecule has 3 aromatic rings. The lowest BCUT2D eigenvalue weighted by molar-refractivity contribution is -0.00543. The van der Waals surface area contributed by atoms with E-state index in [9.17, 15) is 9.59 Å². The van der Waals surface area contributed by atoms with Crippen LogP contribution in [0.2, 0.25) is 0 Å². The Balaban J connectivity index is 1.85. The van der Waals surface area contributed by atoms with E-state index < -0.39 is 5.82 Å². The molecule has 0 amide bonds. The van der Waals surface area contributed by atoms with Gasteiger partial charge < -0.3 is 18.9 Å². The van der Waals surface area contributed by atoms with Crippen molar-refractivity contribution >= 4 is 34.3 Å². The molecule has 29 heavy (non-hydrogen) atoms. The van der Waals surface area contributed by atoms with E-state index in [1.54, 1.807) is 11.1 Å². The lowest BCUT2D eigenvalue weighted by atomic mass is 10.1. The maximum atomic E-state index is 15.4. The van der Waals surface area contributed by atoms with Crippen LogP contribution < -0.4 is 9.77 Å². The molecule has 154 valence electrons. The molecule has 0 radical (unpaired) electrons. The first-order chi connectivity index (χ1) is 13.9. The number of halogens is 1. The lowest BCUT2D eigenvalue weighted by Gasteiger charge is -2.37. The monoisotopic (exact) mass is 421 g/mol.